The summed E-state index contributed by atoms with van der Waals surface area (Å²) in [5, 5.41) is 26.2. The second-order valence-electron chi connectivity index (χ2n) is 6.62. The molecule has 162 valence electrons. The summed E-state index contributed by atoms with van der Waals surface area (Å²) >= 11 is 5.20. The Balaban J connectivity index is 1.47. The molecule has 1 saturated heterocycles. The normalized spacial score (nSPS) is 20.3. The molecule has 2 aliphatic heterocycles. The van der Waals surface area contributed by atoms with Crippen molar-refractivity contribution in [3.63, 3.8) is 0 Å². The maximum atomic E-state index is 12.7. The fraction of sp³-hybridized carbons (Fsp3) is 0.278. The number of nitrogens with one attached hydrogen (secondary N) is 1. The van der Waals surface area contributed by atoms with Crippen molar-refractivity contribution in [3.8, 4) is 0 Å². The van der Waals surface area contributed by atoms with E-state index in [9.17, 15) is 24.3 Å². The minimum absolute atomic E-state index is 0.114. The van der Waals surface area contributed by atoms with Crippen molar-refractivity contribution in [1.82, 2.24) is 15.2 Å². The van der Waals surface area contributed by atoms with Gasteiger partial charge in [-0.2, -0.15) is 11.3 Å². The van der Waals surface area contributed by atoms with Crippen LogP contribution in [0.5, 0.6) is 0 Å². The summed E-state index contributed by atoms with van der Waals surface area (Å²) in [6.07, 6.45) is -0.0494. The van der Waals surface area contributed by atoms with Crippen LogP contribution in [0.4, 0.5) is 0 Å². The first-order chi connectivity index (χ1) is 14.8. The number of aliphatic carboxylic acids is 2. The number of rotatable bonds is 8. The van der Waals surface area contributed by atoms with E-state index in [1.54, 1.807) is 5.38 Å². The summed E-state index contributed by atoms with van der Waals surface area (Å²) < 4.78 is 0.512. The Morgan fingerprint density at radius 2 is 2.06 bits per heavy atom. The van der Waals surface area contributed by atoms with Crippen LogP contribution < -0.4 is 5.32 Å². The number of fused-ring (bicyclic) bond motifs is 1. The lowest BCUT2D eigenvalue weighted by Crippen LogP contribution is -2.70. The number of carbonyl (C=O) groups is 4. The molecule has 4 heterocycles. The SMILES string of the molecule is O=C(O)Cc1csc(SC2=C(C(=O)O)N3C(=O)[C@@H](NC(=O)Cc4ccsc4)[C@H]3SC2)n1. The van der Waals surface area contributed by atoms with E-state index in [1.165, 1.54) is 39.3 Å². The molecule has 1 fully saturated rings. The summed E-state index contributed by atoms with van der Waals surface area (Å²) in [7, 11) is 0. The van der Waals surface area contributed by atoms with Crippen LogP contribution in [-0.2, 0) is 32.0 Å². The molecule has 0 spiro atoms. The van der Waals surface area contributed by atoms with Crippen LogP contribution >= 0.6 is 46.2 Å². The molecule has 0 bridgehead atoms. The van der Waals surface area contributed by atoms with Gasteiger partial charge in [-0.3, -0.25) is 19.3 Å². The highest BCUT2D eigenvalue weighted by Crippen LogP contribution is 2.45. The van der Waals surface area contributed by atoms with Gasteiger partial charge >= 0.3 is 11.9 Å². The average molecular weight is 498 g/mol. The Hall–Kier alpha value is -2.35. The van der Waals surface area contributed by atoms with Gasteiger partial charge in [0.25, 0.3) is 5.91 Å². The van der Waals surface area contributed by atoms with Gasteiger partial charge in [0.2, 0.25) is 5.91 Å². The molecular weight excluding hydrogens is 482 g/mol. The zero-order valence-corrected chi connectivity index (χ0v) is 18.9. The van der Waals surface area contributed by atoms with Crippen LogP contribution in [0.15, 0.2) is 37.1 Å². The molecule has 2 aromatic rings. The van der Waals surface area contributed by atoms with Crippen molar-refractivity contribution in [2.75, 3.05) is 5.75 Å². The van der Waals surface area contributed by atoms with Crippen LogP contribution in [-0.4, -0.2) is 61.0 Å². The van der Waals surface area contributed by atoms with Gasteiger partial charge in [0, 0.05) is 16.0 Å². The number of thioether (sulfide) groups is 2. The number of thiophene rings is 1. The molecule has 3 N–H and O–H groups in total. The summed E-state index contributed by atoms with van der Waals surface area (Å²) in [5.41, 5.74) is 1.14. The zero-order valence-electron chi connectivity index (χ0n) is 15.6. The standard InChI is InChI=1S/C18H15N3O6S4/c22-11(3-8-1-2-28-5-8)20-13-15(25)21-14(17(26)27)10(7-29-16(13)21)31-18-19-9(6-30-18)4-12(23)24/h1-2,5-6,13,16H,3-4,7H2,(H,20,22)(H,23,24)(H,26,27)/t13-,16-/m1/s1. The third kappa shape index (κ3) is 4.63. The number of aromatic nitrogens is 1. The number of β-lactam (4-membered cyclic amide) rings is 1. The molecule has 2 aromatic heterocycles. The highest BCUT2D eigenvalue weighted by atomic mass is 32.2. The van der Waals surface area contributed by atoms with E-state index in [4.69, 9.17) is 5.11 Å². The van der Waals surface area contributed by atoms with E-state index in [0.29, 0.717) is 20.7 Å². The molecule has 0 unspecified atom stereocenters. The molecule has 2 aliphatic rings. The lowest BCUT2D eigenvalue weighted by Gasteiger charge is -2.49. The number of hydrogen-bond acceptors (Lipinski definition) is 9. The van der Waals surface area contributed by atoms with Crippen molar-refractivity contribution >= 4 is 70.0 Å². The number of carboxylic acid groups (broad SMARTS) is 2. The third-order valence-corrected chi connectivity index (χ3v) is 8.74. The van der Waals surface area contributed by atoms with Gasteiger partial charge in [0.05, 0.1) is 18.5 Å². The lowest BCUT2D eigenvalue weighted by atomic mass is 10.0. The highest BCUT2D eigenvalue weighted by molar-refractivity contribution is 8.07. The summed E-state index contributed by atoms with van der Waals surface area (Å²) in [6.45, 7) is 0. The van der Waals surface area contributed by atoms with E-state index in [-0.39, 0.29) is 24.4 Å². The molecule has 0 radical (unpaired) electrons. The van der Waals surface area contributed by atoms with Gasteiger partial charge < -0.3 is 15.5 Å². The highest BCUT2D eigenvalue weighted by Gasteiger charge is 2.54. The molecule has 2 atom stereocenters. The second kappa shape index (κ2) is 9.02. The predicted molar refractivity (Wildman–Crippen MR) is 117 cm³/mol. The topological polar surface area (TPSA) is 137 Å². The van der Waals surface area contributed by atoms with Crippen molar-refractivity contribution in [3.05, 3.63) is 44.1 Å². The van der Waals surface area contributed by atoms with Gasteiger partial charge in [-0.1, -0.05) is 11.8 Å². The first-order valence-electron chi connectivity index (χ1n) is 8.89. The Morgan fingerprint density at radius 3 is 2.74 bits per heavy atom. The smallest absolute Gasteiger partial charge is 0.353 e. The largest absolute Gasteiger partial charge is 0.481 e. The number of amides is 2. The average Bonchev–Trinajstić information content (AvgIpc) is 3.37. The van der Waals surface area contributed by atoms with E-state index in [0.717, 1.165) is 17.3 Å². The number of nitrogens with zero attached hydrogens (tertiary/aromatic N) is 2. The maximum absolute atomic E-state index is 12.7. The molecule has 0 aliphatic carbocycles. The molecule has 9 nitrogen and oxygen atoms in total. The van der Waals surface area contributed by atoms with Crippen molar-refractivity contribution < 1.29 is 29.4 Å². The number of carboxylic acids is 2. The Morgan fingerprint density at radius 1 is 1.26 bits per heavy atom. The minimum atomic E-state index is -1.23. The van der Waals surface area contributed by atoms with Gasteiger partial charge in [-0.05, 0) is 22.4 Å². The van der Waals surface area contributed by atoms with Gasteiger partial charge in [-0.15, -0.1) is 23.1 Å². The van der Waals surface area contributed by atoms with Crippen LogP contribution in [0, 0.1) is 0 Å². The molecule has 4 rings (SSSR count). The minimum Gasteiger partial charge on any atom is -0.481 e. The van der Waals surface area contributed by atoms with Crippen LogP contribution in [0.1, 0.15) is 11.3 Å². The molecular formula is C18H15N3O6S4. The fourth-order valence-electron chi connectivity index (χ4n) is 3.15. The quantitative estimate of drug-likeness (QED) is 0.467. The molecule has 2 amide bonds. The third-order valence-electron chi connectivity index (χ3n) is 4.47. The molecule has 0 aromatic carbocycles. The molecule has 0 saturated carbocycles. The van der Waals surface area contributed by atoms with Crippen LogP contribution in [0.3, 0.4) is 0 Å². The van der Waals surface area contributed by atoms with E-state index < -0.39 is 29.3 Å². The predicted octanol–water partition coefficient (Wildman–Crippen LogP) is 1.86. The number of thiazole rings is 1. The number of hydrogen-bond donors (Lipinski definition) is 3. The van der Waals surface area contributed by atoms with Crippen LogP contribution in [0.25, 0.3) is 0 Å². The van der Waals surface area contributed by atoms with Crippen LogP contribution in [0.2, 0.25) is 0 Å². The maximum Gasteiger partial charge on any atom is 0.353 e. The number of carbonyl (C=O) groups excluding carboxylic acids is 2. The fourth-order valence-corrected chi connectivity index (χ4v) is 7.29. The second-order valence-corrected chi connectivity index (χ2v) is 10.7. The molecule has 31 heavy (non-hydrogen) atoms. The first kappa shape index (κ1) is 21.9. The van der Waals surface area contributed by atoms with Crippen molar-refractivity contribution in [2.45, 2.75) is 28.6 Å². The van der Waals surface area contributed by atoms with Gasteiger partial charge in [-0.25, -0.2) is 9.78 Å². The van der Waals surface area contributed by atoms with E-state index in [2.05, 4.69) is 10.3 Å². The van der Waals surface area contributed by atoms with Gasteiger partial charge in [0.1, 0.15) is 17.1 Å². The Bertz CT molecular complexity index is 1080. The van der Waals surface area contributed by atoms with Crippen molar-refractivity contribution in [2.24, 2.45) is 0 Å². The summed E-state index contributed by atoms with van der Waals surface area (Å²) in [6, 6.07) is 1.07. The van der Waals surface area contributed by atoms with E-state index in [1.807, 2.05) is 16.8 Å². The monoisotopic (exact) mass is 497 g/mol. The van der Waals surface area contributed by atoms with Gasteiger partial charge in [0.15, 0.2) is 4.34 Å². The zero-order chi connectivity index (χ0) is 22.1. The molecule has 13 heteroatoms. The Labute approximate surface area is 192 Å². The lowest BCUT2D eigenvalue weighted by molar-refractivity contribution is -0.150. The van der Waals surface area contributed by atoms with Crippen molar-refractivity contribution in [1.29, 1.82) is 0 Å². The Kier molecular flexibility index (Phi) is 6.36. The first-order valence-corrected chi connectivity index (χ1v) is 12.6. The summed E-state index contributed by atoms with van der Waals surface area (Å²) in [5.74, 6) is -2.64. The summed E-state index contributed by atoms with van der Waals surface area (Å²) in [4.78, 5) is 53.6. The van der Waals surface area contributed by atoms with E-state index >= 15 is 0 Å².